The van der Waals surface area contributed by atoms with Crippen molar-refractivity contribution >= 4 is 17.7 Å². The molecule has 1 aromatic carbocycles. The highest BCUT2D eigenvalue weighted by Gasteiger charge is 2.56. The third-order valence-electron chi connectivity index (χ3n) is 9.66. The van der Waals surface area contributed by atoms with Gasteiger partial charge in [0.05, 0.1) is 18.7 Å². The molecule has 1 aromatic heterocycles. The van der Waals surface area contributed by atoms with Crippen LogP contribution < -0.4 is 20.7 Å². The quantitative estimate of drug-likeness (QED) is 0.333. The van der Waals surface area contributed by atoms with Crippen LogP contribution in [0.25, 0.3) is 0 Å². The summed E-state index contributed by atoms with van der Waals surface area (Å²) in [5.74, 6) is 3.40. The molecular weight excluding hydrogens is 519 g/mol. The minimum Gasteiger partial charge on any atom is -0.497 e. The Kier molecular flexibility index (Phi) is 8.55. The normalized spacial score (nSPS) is 29.0. The molecule has 8 nitrogen and oxygen atoms in total. The molecule has 6 atom stereocenters. The number of amides is 1. The summed E-state index contributed by atoms with van der Waals surface area (Å²) >= 11 is 0. The Bertz CT molecular complexity index is 1260. The summed E-state index contributed by atoms with van der Waals surface area (Å²) in [6, 6.07) is 9.33. The molecule has 222 valence electrons. The highest BCUT2D eigenvalue weighted by atomic mass is 19.1. The van der Waals surface area contributed by atoms with Crippen LogP contribution in [-0.4, -0.2) is 66.6 Å². The molecule has 41 heavy (non-hydrogen) atoms. The molecule has 0 spiro atoms. The first-order valence-corrected chi connectivity index (χ1v) is 15.0. The predicted molar refractivity (Wildman–Crippen MR) is 161 cm³/mol. The van der Waals surface area contributed by atoms with Crippen LogP contribution in [-0.2, 0) is 6.42 Å². The number of halogens is 1. The van der Waals surface area contributed by atoms with Crippen molar-refractivity contribution in [2.75, 3.05) is 32.1 Å². The van der Waals surface area contributed by atoms with E-state index in [4.69, 9.17) is 9.73 Å². The maximum atomic E-state index is 14.2. The molecule has 2 bridgehead atoms. The van der Waals surface area contributed by atoms with Gasteiger partial charge in [-0.05, 0) is 80.0 Å². The third-order valence-corrected chi connectivity index (χ3v) is 9.66. The standard InChI is InChI=1S/C32H45FN6O2/c1-19-17-39(18-20(2)36-19)31(37-28-14-24-13-26(21(28)3)32(24,4)5)38-29-10-8-23(16-35-29)30(40)34-12-11-22-7-9-25(41-6)15-27(22)33/h7-10,15-16,19-21,24,26,28,36H,11-14,17-18H2,1-6H3,(H,34,40)(H,35,37,38)/t19-,20-,21-,24+,26-,28-/m0/s1. The fraction of sp³-hybridized carbons (Fsp3) is 0.594. The van der Waals surface area contributed by atoms with Gasteiger partial charge >= 0.3 is 0 Å². The molecule has 0 unspecified atom stereocenters. The van der Waals surface area contributed by atoms with Crippen molar-refractivity contribution in [3.8, 4) is 5.75 Å². The summed E-state index contributed by atoms with van der Waals surface area (Å²) in [5.41, 5.74) is 1.40. The van der Waals surface area contributed by atoms with E-state index in [0.717, 1.165) is 31.4 Å². The number of carbonyl (C=O) groups excluding carboxylic acids is 1. The number of hydrogen-bond acceptors (Lipinski definition) is 5. The Morgan fingerprint density at radius 3 is 2.54 bits per heavy atom. The molecule has 0 radical (unpaired) electrons. The number of aromatic nitrogens is 1. The van der Waals surface area contributed by atoms with Crippen molar-refractivity contribution in [2.24, 2.45) is 28.2 Å². The summed E-state index contributed by atoms with van der Waals surface area (Å²) in [6.45, 7) is 13.7. The second kappa shape index (κ2) is 12.0. The highest BCUT2D eigenvalue weighted by Crippen LogP contribution is 2.61. The van der Waals surface area contributed by atoms with E-state index in [0.29, 0.717) is 65.0 Å². The fourth-order valence-electron chi connectivity index (χ4n) is 7.13. The monoisotopic (exact) mass is 564 g/mol. The van der Waals surface area contributed by atoms with Crippen LogP contribution in [0.3, 0.4) is 0 Å². The average molecular weight is 565 g/mol. The fourth-order valence-corrected chi connectivity index (χ4v) is 7.13. The van der Waals surface area contributed by atoms with Crippen molar-refractivity contribution < 1.29 is 13.9 Å². The van der Waals surface area contributed by atoms with Gasteiger partial charge < -0.3 is 25.6 Å². The lowest BCUT2D eigenvalue weighted by Gasteiger charge is -2.61. The minimum absolute atomic E-state index is 0.241. The molecule has 4 fully saturated rings. The molecule has 1 aliphatic heterocycles. The second-order valence-electron chi connectivity index (χ2n) is 12.9. The van der Waals surface area contributed by atoms with Crippen LogP contribution in [0.1, 0.15) is 63.4 Å². The number of nitrogens with one attached hydrogen (secondary N) is 3. The number of pyridine rings is 1. The Labute approximate surface area is 243 Å². The van der Waals surface area contributed by atoms with Gasteiger partial charge in [-0.3, -0.25) is 4.79 Å². The zero-order valence-corrected chi connectivity index (χ0v) is 25.2. The smallest absolute Gasteiger partial charge is 0.252 e. The van der Waals surface area contributed by atoms with E-state index >= 15 is 0 Å². The Balaban J connectivity index is 1.24. The van der Waals surface area contributed by atoms with Crippen molar-refractivity contribution in [1.29, 1.82) is 0 Å². The number of benzene rings is 1. The molecule has 2 aromatic rings. The SMILES string of the molecule is COc1ccc(CCNC(=O)c2ccc(N/C(=N/[C@H]3C[C@H]4C[C@@H]([C@@H]3C)C4(C)C)N3C[C@H](C)N[C@@H](C)C3)nc2)c(F)c1. The number of guanidine groups is 1. The molecule has 1 saturated heterocycles. The van der Waals surface area contributed by atoms with Gasteiger partial charge in [-0.1, -0.05) is 26.8 Å². The van der Waals surface area contributed by atoms with Gasteiger partial charge in [-0.25, -0.2) is 14.4 Å². The minimum atomic E-state index is -0.343. The number of carbonyl (C=O) groups is 1. The van der Waals surface area contributed by atoms with E-state index < -0.39 is 0 Å². The number of nitrogens with zero attached hydrogens (tertiary/aromatic N) is 3. The van der Waals surface area contributed by atoms with Crippen molar-refractivity contribution in [1.82, 2.24) is 20.5 Å². The number of aliphatic imine (C=N–C) groups is 1. The van der Waals surface area contributed by atoms with Gasteiger partial charge in [0.2, 0.25) is 0 Å². The Morgan fingerprint density at radius 2 is 1.93 bits per heavy atom. The Morgan fingerprint density at radius 1 is 1.17 bits per heavy atom. The number of piperazine rings is 1. The molecule has 1 amide bonds. The van der Waals surface area contributed by atoms with E-state index in [-0.39, 0.29) is 17.8 Å². The van der Waals surface area contributed by atoms with Crippen molar-refractivity contribution in [3.63, 3.8) is 0 Å². The zero-order valence-electron chi connectivity index (χ0n) is 25.2. The van der Waals surface area contributed by atoms with E-state index in [1.54, 1.807) is 24.4 Å². The largest absolute Gasteiger partial charge is 0.497 e. The highest BCUT2D eigenvalue weighted by molar-refractivity contribution is 5.95. The number of rotatable bonds is 7. The molecule has 3 N–H and O–H groups in total. The maximum absolute atomic E-state index is 14.2. The van der Waals surface area contributed by atoms with Crippen LogP contribution in [0.5, 0.6) is 5.75 Å². The average Bonchev–Trinajstić information content (AvgIpc) is 2.93. The lowest BCUT2D eigenvalue weighted by molar-refractivity contribution is -0.108. The van der Waals surface area contributed by atoms with Gasteiger partial charge in [0.1, 0.15) is 17.4 Å². The summed E-state index contributed by atoms with van der Waals surface area (Å²) in [6.07, 6.45) is 4.41. The Hall–Kier alpha value is -3.20. The number of hydrogen-bond donors (Lipinski definition) is 3. The maximum Gasteiger partial charge on any atom is 0.252 e. The van der Waals surface area contributed by atoms with Crippen LogP contribution >= 0.6 is 0 Å². The lowest BCUT2D eigenvalue weighted by atomic mass is 9.45. The van der Waals surface area contributed by atoms with Crippen LogP contribution in [0.2, 0.25) is 0 Å². The summed E-state index contributed by atoms with van der Waals surface area (Å²) in [4.78, 5) is 25.0. The first kappa shape index (κ1) is 29.3. The topological polar surface area (TPSA) is 90.9 Å². The molecule has 2 heterocycles. The third kappa shape index (κ3) is 6.35. The molecule has 3 aliphatic carbocycles. The first-order chi connectivity index (χ1) is 19.5. The van der Waals surface area contributed by atoms with Gasteiger partial charge in [0.25, 0.3) is 5.91 Å². The summed E-state index contributed by atoms with van der Waals surface area (Å²) < 4.78 is 19.3. The number of methoxy groups -OCH3 is 1. The van der Waals surface area contributed by atoms with Gasteiger partial charge in [-0.2, -0.15) is 0 Å². The molecule has 3 saturated carbocycles. The summed E-state index contributed by atoms with van der Waals surface area (Å²) in [5, 5.41) is 9.98. The van der Waals surface area contributed by atoms with Gasteiger partial charge in [0, 0.05) is 44.0 Å². The van der Waals surface area contributed by atoms with Crippen LogP contribution in [0.15, 0.2) is 41.5 Å². The second-order valence-corrected chi connectivity index (χ2v) is 12.9. The van der Waals surface area contributed by atoms with E-state index in [1.165, 1.54) is 19.6 Å². The molecule has 4 aliphatic rings. The van der Waals surface area contributed by atoms with Crippen molar-refractivity contribution in [3.05, 3.63) is 53.5 Å². The van der Waals surface area contributed by atoms with Crippen molar-refractivity contribution in [2.45, 2.75) is 72.0 Å². The summed E-state index contributed by atoms with van der Waals surface area (Å²) in [7, 11) is 1.50. The van der Waals surface area contributed by atoms with Gasteiger partial charge in [-0.15, -0.1) is 0 Å². The predicted octanol–water partition coefficient (Wildman–Crippen LogP) is 4.72. The lowest BCUT2D eigenvalue weighted by Crippen LogP contribution is -2.59. The van der Waals surface area contributed by atoms with E-state index in [9.17, 15) is 9.18 Å². The van der Waals surface area contributed by atoms with Gasteiger partial charge in [0.15, 0.2) is 5.96 Å². The molecular formula is C32H45FN6O2. The molecule has 6 rings (SSSR count). The van der Waals surface area contributed by atoms with E-state index in [1.807, 2.05) is 6.07 Å². The number of anilines is 1. The zero-order chi connectivity index (χ0) is 29.3. The first-order valence-electron chi connectivity index (χ1n) is 15.0. The molecule has 9 heteroatoms. The van der Waals surface area contributed by atoms with Crippen LogP contribution in [0, 0.1) is 29.0 Å². The number of fused-ring (bicyclic) bond motifs is 2. The van der Waals surface area contributed by atoms with E-state index in [2.05, 4.69) is 60.5 Å². The number of ether oxygens (including phenoxy) is 1. The van der Waals surface area contributed by atoms with Crippen LogP contribution in [0.4, 0.5) is 10.2 Å².